The number of carbonyl (C=O) groups excluding carboxylic acids is 1. The predicted molar refractivity (Wildman–Crippen MR) is 77.5 cm³/mol. The molecule has 1 aromatic heterocycles. The number of nitrogens with zero attached hydrogens (tertiary/aromatic N) is 2. The Kier molecular flexibility index (Phi) is 3.95. The van der Waals surface area contributed by atoms with E-state index in [2.05, 4.69) is 4.98 Å². The molecule has 1 aromatic carbocycles. The van der Waals surface area contributed by atoms with Gasteiger partial charge in [-0.1, -0.05) is 12.1 Å². The first-order valence-electron chi connectivity index (χ1n) is 6.43. The van der Waals surface area contributed by atoms with E-state index < -0.39 is 0 Å². The molecule has 0 spiro atoms. The van der Waals surface area contributed by atoms with Gasteiger partial charge >= 0.3 is 0 Å². The van der Waals surface area contributed by atoms with Gasteiger partial charge in [0.2, 0.25) is 0 Å². The molecule has 1 heterocycles. The van der Waals surface area contributed by atoms with Gasteiger partial charge in [-0.2, -0.15) is 0 Å². The van der Waals surface area contributed by atoms with Gasteiger partial charge in [-0.05, 0) is 50.6 Å². The van der Waals surface area contributed by atoms with E-state index in [9.17, 15) is 4.79 Å². The highest BCUT2D eigenvalue weighted by Gasteiger charge is 2.16. The van der Waals surface area contributed by atoms with Gasteiger partial charge in [-0.25, -0.2) is 0 Å². The van der Waals surface area contributed by atoms with Crippen molar-refractivity contribution in [2.75, 3.05) is 11.4 Å². The number of aromatic nitrogens is 1. The lowest BCUT2D eigenvalue weighted by molar-refractivity contribution is 0.0988. The highest BCUT2D eigenvalue weighted by atomic mass is 16.2. The number of carbonyl (C=O) groups is 1. The van der Waals surface area contributed by atoms with E-state index in [0.29, 0.717) is 12.1 Å². The van der Waals surface area contributed by atoms with E-state index in [1.54, 1.807) is 11.1 Å². The molecule has 0 aliphatic carbocycles. The molecule has 1 amide bonds. The molecular formula is C16H18N2O. The van der Waals surface area contributed by atoms with E-state index in [4.69, 9.17) is 0 Å². The lowest BCUT2D eigenvalue weighted by Gasteiger charge is -2.21. The molecule has 3 heteroatoms. The van der Waals surface area contributed by atoms with Gasteiger partial charge in [0.05, 0.1) is 5.56 Å². The Morgan fingerprint density at radius 1 is 1.21 bits per heavy atom. The largest absolute Gasteiger partial charge is 0.309 e. The standard InChI is InChI=1S/C16H18N2O/c1-4-18(15-7-5-6-12(2)10-15)16(19)14-9-8-13(3)17-11-14/h5-11H,4H2,1-3H3. The molecule has 0 aliphatic heterocycles. The molecule has 0 unspecified atom stereocenters. The summed E-state index contributed by atoms with van der Waals surface area (Å²) in [5.74, 6) is -0.0133. The molecule has 0 atom stereocenters. The van der Waals surface area contributed by atoms with Gasteiger partial charge in [0.1, 0.15) is 0 Å². The molecule has 98 valence electrons. The van der Waals surface area contributed by atoms with E-state index in [1.807, 2.05) is 57.2 Å². The number of hydrogen-bond donors (Lipinski definition) is 0. The van der Waals surface area contributed by atoms with Crippen LogP contribution in [-0.2, 0) is 0 Å². The van der Waals surface area contributed by atoms with Gasteiger partial charge in [0.15, 0.2) is 0 Å². The maximum Gasteiger partial charge on any atom is 0.259 e. The van der Waals surface area contributed by atoms with Crippen molar-refractivity contribution in [1.82, 2.24) is 4.98 Å². The minimum Gasteiger partial charge on any atom is -0.309 e. The topological polar surface area (TPSA) is 33.2 Å². The number of rotatable bonds is 3. The van der Waals surface area contributed by atoms with Crippen molar-refractivity contribution in [2.24, 2.45) is 0 Å². The van der Waals surface area contributed by atoms with Crippen LogP contribution in [0.2, 0.25) is 0 Å². The first-order chi connectivity index (χ1) is 9.11. The second-order valence-corrected chi connectivity index (χ2v) is 4.58. The van der Waals surface area contributed by atoms with Crippen molar-refractivity contribution in [2.45, 2.75) is 20.8 Å². The van der Waals surface area contributed by atoms with Crippen LogP contribution in [0.25, 0.3) is 0 Å². The Labute approximate surface area is 113 Å². The molecular weight excluding hydrogens is 236 g/mol. The quantitative estimate of drug-likeness (QED) is 0.841. The van der Waals surface area contributed by atoms with Crippen LogP contribution in [0.5, 0.6) is 0 Å². The van der Waals surface area contributed by atoms with E-state index in [0.717, 1.165) is 16.9 Å². The summed E-state index contributed by atoms with van der Waals surface area (Å²) in [7, 11) is 0. The predicted octanol–water partition coefficient (Wildman–Crippen LogP) is 3.37. The van der Waals surface area contributed by atoms with Crippen LogP contribution < -0.4 is 4.90 Å². The Morgan fingerprint density at radius 2 is 2.00 bits per heavy atom. The highest BCUT2D eigenvalue weighted by molar-refractivity contribution is 6.05. The first-order valence-corrected chi connectivity index (χ1v) is 6.43. The normalized spacial score (nSPS) is 10.3. The third-order valence-electron chi connectivity index (χ3n) is 3.03. The molecule has 0 bridgehead atoms. The van der Waals surface area contributed by atoms with Crippen molar-refractivity contribution < 1.29 is 4.79 Å². The minimum atomic E-state index is -0.0133. The smallest absolute Gasteiger partial charge is 0.259 e. The summed E-state index contributed by atoms with van der Waals surface area (Å²) >= 11 is 0. The maximum atomic E-state index is 12.5. The average molecular weight is 254 g/mol. The molecule has 3 nitrogen and oxygen atoms in total. The Hall–Kier alpha value is -2.16. The van der Waals surface area contributed by atoms with Crippen LogP contribution in [-0.4, -0.2) is 17.4 Å². The summed E-state index contributed by atoms with van der Waals surface area (Å²) in [5, 5.41) is 0. The number of benzene rings is 1. The summed E-state index contributed by atoms with van der Waals surface area (Å²) in [6.07, 6.45) is 1.64. The maximum absolute atomic E-state index is 12.5. The number of hydrogen-bond acceptors (Lipinski definition) is 2. The van der Waals surface area contributed by atoms with Crippen molar-refractivity contribution in [1.29, 1.82) is 0 Å². The van der Waals surface area contributed by atoms with Gasteiger partial charge < -0.3 is 4.90 Å². The average Bonchev–Trinajstić information content (AvgIpc) is 2.40. The summed E-state index contributed by atoms with van der Waals surface area (Å²) < 4.78 is 0. The van der Waals surface area contributed by atoms with E-state index in [1.165, 1.54) is 0 Å². The minimum absolute atomic E-state index is 0.0133. The molecule has 0 N–H and O–H groups in total. The molecule has 2 rings (SSSR count). The zero-order chi connectivity index (χ0) is 13.8. The van der Waals surface area contributed by atoms with Crippen LogP contribution in [0, 0.1) is 13.8 Å². The Morgan fingerprint density at radius 3 is 2.58 bits per heavy atom. The van der Waals surface area contributed by atoms with E-state index in [-0.39, 0.29) is 5.91 Å². The zero-order valence-corrected chi connectivity index (χ0v) is 11.6. The summed E-state index contributed by atoms with van der Waals surface area (Å²) in [4.78, 5) is 18.4. The van der Waals surface area contributed by atoms with Gasteiger partial charge in [-0.15, -0.1) is 0 Å². The fourth-order valence-electron chi connectivity index (χ4n) is 1.99. The lowest BCUT2D eigenvalue weighted by Crippen LogP contribution is -2.30. The Bertz CT molecular complexity index is 576. The molecule has 0 fully saturated rings. The number of amides is 1. The Balaban J connectivity index is 2.31. The van der Waals surface area contributed by atoms with Crippen molar-refractivity contribution >= 4 is 11.6 Å². The second-order valence-electron chi connectivity index (χ2n) is 4.58. The summed E-state index contributed by atoms with van der Waals surface area (Å²) in [6, 6.07) is 11.6. The second kappa shape index (κ2) is 5.65. The molecule has 2 aromatic rings. The zero-order valence-electron chi connectivity index (χ0n) is 11.6. The van der Waals surface area contributed by atoms with Crippen molar-refractivity contribution in [3.05, 3.63) is 59.4 Å². The number of aryl methyl sites for hydroxylation is 2. The summed E-state index contributed by atoms with van der Waals surface area (Å²) in [6.45, 7) is 6.54. The number of pyridine rings is 1. The molecule has 0 radical (unpaired) electrons. The van der Waals surface area contributed by atoms with Crippen LogP contribution >= 0.6 is 0 Å². The number of anilines is 1. The van der Waals surface area contributed by atoms with Crippen LogP contribution in [0.4, 0.5) is 5.69 Å². The van der Waals surface area contributed by atoms with E-state index >= 15 is 0 Å². The van der Waals surface area contributed by atoms with Gasteiger partial charge in [0, 0.05) is 24.1 Å². The molecule has 0 saturated carbocycles. The summed E-state index contributed by atoms with van der Waals surface area (Å²) in [5.41, 5.74) is 3.60. The third-order valence-corrected chi connectivity index (χ3v) is 3.03. The first kappa shape index (κ1) is 13.3. The highest BCUT2D eigenvalue weighted by Crippen LogP contribution is 2.18. The monoisotopic (exact) mass is 254 g/mol. The van der Waals surface area contributed by atoms with Crippen molar-refractivity contribution in [3.63, 3.8) is 0 Å². The SMILES string of the molecule is CCN(C(=O)c1ccc(C)nc1)c1cccc(C)c1. The van der Waals surface area contributed by atoms with Gasteiger partial charge in [-0.3, -0.25) is 9.78 Å². The fourth-order valence-corrected chi connectivity index (χ4v) is 1.99. The van der Waals surface area contributed by atoms with Crippen LogP contribution in [0.1, 0.15) is 28.5 Å². The fraction of sp³-hybridized carbons (Fsp3) is 0.250. The molecule has 19 heavy (non-hydrogen) atoms. The molecule has 0 saturated heterocycles. The van der Waals surface area contributed by atoms with Gasteiger partial charge in [0.25, 0.3) is 5.91 Å². The third kappa shape index (κ3) is 2.99. The van der Waals surface area contributed by atoms with Crippen molar-refractivity contribution in [3.8, 4) is 0 Å². The van der Waals surface area contributed by atoms with Crippen LogP contribution in [0.3, 0.4) is 0 Å². The van der Waals surface area contributed by atoms with Crippen LogP contribution in [0.15, 0.2) is 42.6 Å². The molecule has 0 aliphatic rings. The lowest BCUT2D eigenvalue weighted by atomic mass is 10.1.